The number of para-hydroxylation sites is 1. The minimum atomic E-state index is -1.40. The Kier molecular flexibility index (Phi) is 3.00. The van der Waals surface area contributed by atoms with Crippen LogP contribution in [-0.4, -0.2) is 17.8 Å². The first-order valence-electron chi connectivity index (χ1n) is 8.20. The van der Waals surface area contributed by atoms with E-state index in [0.717, 1.165) is 15.7 Å². The monoisotopic (exact) mass is 356 g/mol. The van der Waals surface area contributed by atoms with Gasteiger partial charge < -0.3 is 14.3 Å². The highest BCUT2D eigenvalue weighted by Crippen LogP contribution is 2.34. The number of carboxylic acids is 1. The zero-order valence-electron chi connectivity index (χ0n) is 13.8. The summed E-state index contributed by atoms with van der Waals surface area (Å²) in [5, 5.41) is 12.7. The lowest BCUT2D eigenvalue weighted by molar-refractivity contribution is -0.255. The second-order valence-corrected chi connectivity index (χ2v) is 6.27. The van der Waals surface area contributed by atoms with Crippen LogP contribution in [-0.2, 0) is 0 Å². The average Bonchev–Trinajstić information content (AvgIpc) is 3.16. The summed E-state index contributed by atoms with van der Waals surface area (Å²) in [4.78, 5) is 37.6. The molecule has 0 fully saturated rings. The van der Waals surface area contributed by atoms with E-state index >= 15 is 0 Å². The Bertz CT molecular complexity index is 1300. The van der Waals surface area contributed by atoms with Crippen molar-refractivity contribution in [3.8, 4) is 0 Å². The molecular formula is C21H10NO5-. The molecule has 6 heteroatoms. The lowest BCUT2D eigenvalue weighted by Crippen LogP contribution is -2.29. The number of aromatic carboxylic acids is 1. The fourth-order valence-corrected chi connectivity index (χ4v) is 3.46. The van der Waals surface area contributed by atoms with Gasteiger partial charge in [0.2, 0.25) is 0 Å². The van der Waals surface area contributed by atoms with Gasteiger partial charge in [-0.25, -0.2) is 4.90 Å². The summed E-state index contributed by atoms with van der Waals surface area (Å²) in [6.07, 6.45) is 0. The van der Waals surface area contributed by atoms with E-state index in [9.17, 15) is 19.5 Å². The van der Waals surface area contributed by atoms with Crippen LogP contribution in [0.15, 0.2) is 65.1 Å². The van der Waals surface area contributed by atoms with Gasteiger partial charge in [0.15, 0.2) is 0 Å². The zero-order valence-corrected chi connectivity index (χ0v) is 13.8. The molecule has 0 atom stereocenters. The summed E-state index contributed by atoms with van der Waals surface area (Å²) in [5.74, 6) is -2.46. The number of nitrogens with zero attached hydrogens (tertiary/aromatic N) is 1. The van der Waals surface area contributed by atoms with Crippen LogP contribution in [0.5, 0.6) is 0 Å². The zero-order chi connectivity index (χ0) is 18.7. The Labute approximate surface area is 152 Å². The summed E-state index contributed by atoms with van der Waals surface area (Å²) in [7, 11) is 0. The fourth-order valence-electron chi connectivity index (χ4n) is 3.46. The van der Waals surface area contributed by atoms with Crippen molar-refractivity contribution >= 4 is 45.4 Å². The molecule has 5 rings (SSSR count). The van der Waals surface area contributed by atoms with Gasteiger partial charge in [0, 0.05) is 10.8 Å². The van der Waals surface area contributed by atoms with Crippen LogP contribution >= 0.6 is 0 Å². The van der Waals surface area contributed by atoms with Gasteiger partial charge in [-0.15, -0.1) is 0 Å². The highest BCUT2D eigenvalue weighted by molar-refractivity contribution is 6.35. The molecule has 0 saturated carbocycles. The summed E-state index contributed by atoms with van der Waals surface area (Å²) in [6, 6.07) is 16.3. The van der Waals surface area contributed by atoms with E-state index in [1.807, 2.05) is 24.3 Å². The molecule has 2 heterocycles. The molecule has 0 N–H and O–H groups in total. The molecule has 27 heavy (non-hydrogen) atoms. The minimum Gasteiger partial charge on any atom is -0.545 e. The third kappa shape index (κ3) is 2.10. The lowest BCUT2D eigenvalue weighted by atomic mass is 10.1. The van der Waals surface area contributed by atoms with Crippen LogP contribution in [0.4, 0.5) is 5.69 Å². The summed E-state index contributed by atoms with van der Waals surface area (Å²) >= 11 is 0. The number of anilines is 1. The molecule has 2 amide bonds. The fraction of sp³-hybridized carbons (Fsp3) is 0. The van der Waals surface area contributed by atoms with Crippen molar-refractivity contribution in [3.05, 3.63) is 77.4 Å². The Morgan fingerprint density at radius 1 is 0.815 bits per heavy atom. The van der Waals surface area contributed by atoms with E-state index in [1.54, 1.807) is 18.2 Å². The van der Waals surface area contributed by atoms with Gasteiger partial charge in [0.1, 0.15) is 11.2 Å². The SMILES string of the molecule is O=C([O-])c1ccc2c(c1)C(=O)N(c1ccc3oc4ccccc4c3c1)C2=O. The second-order valence-electron chi connectivity index (χ2n) is 6.27. The van der Waals surface area contributed by atoms with Gasteiger partial charge in [-0.2, -0.15) is 0 Å². The van der Waals surface area contributed by atoms with Crippen LogP contribution < -0.4 is 10.0 Å². The van der Waals surface area contributed by atoms with Gasteiger partial charge >= 0.3 is 0 Å². The second kappa shape index (κ2) is 5.28. The van der Waals surface area contributed by atoms with Crippen molar-refractivity contribution in [2.45, 2.75) is 0 Å². The smallest absolute Gasteiger partial charge is 0.266 e. The highest BCUT2D eigenvalue weighted by atomic mass is 16.4. The van der Waals surface area contributed by atoms with E-state index in [4.69, 9.17) is 4.42 Å². The van der Waals surface area contributed by atoms with Crippen molar-refractivity contribution < 1.29 is 23.9 Å². The van der Waals surface area contributed by atoms with Gasteiger partial charge in [0.25, 0.3) is 11.8 Å². The Morgan fingerprint density at radius 2 is 1.56 bits per heavy atom. The van der Waals surface area contributed by atoms with E-state index in [2.05, 4.69) is 0 Å². The molecule has 4 aromatic rings. The molecule has 3 aromatic carbocycles. The first-order chi connectivity index (χ1) is 13.0. The van der Waals surface area contributed by atoms with Gasteiger partial charge in [0.05, 0.1) is 22.8 Å². The maximum atomic E-state index is 12.8. The molecule has 1 aromatic heterocycles. The van der Waals surface area contributed by atoms with Crippen molar-refractivity contribution in [1.82, 2.24) is 0 Å². The highest BCUT2D eigenvalue weighted by Gasteiger charge is 2.37. The van der Waals surface area contributed by atoms with Crippen molar-refractivity contribution in [2.75, 3.05) is 4.90 Å². The third-order valence-corrected chi connectivity index (χ3v) is 4.74. The van der Waals surface area contributed by atoms with Crippen LogP contribution in [0.3, 0.4) is 0 Å². The molecular weight excluding hydrogens is 346 g/mol. The van der Waals surface area contributed by atoms with Crippen molar-refractivity contribution in [3.63, 3.8) is 0 Å². The van der Waals surface area contributed by atoms with E-state index in [0.29, 0.717) is 16.9 Å². The number of carboxylic acid groups (broad SMARTS) is 1. The lowest BCUT2D eigenvalue weighted by Gasteiger charge is -2.13. The molecule has 1 aliphatic rings. The Morgan fingerprint density at radius 3 is 2.37 bits per heavy atom. The Hall–Kier alpha value is -3.93. The molecule has 130 valence electrons. The van der Waals surface area contributed by atoms with Gasteiger partial charge in [-0.1, -0.05) is 24.3 Å². The number of benzene rings is 3. The predicted molar refractivity (Wildman–Crippen MR) is 95.6 cm³/mol. The van der Waals surface area contributed by atoms with E-state index in [1.165, 1.54) is 18.2 Å². The normalized spacial score (nSPS) is 13.6. The number of hydrogen-bond donors (Lipinski definition) is 0. The van der Waals surface area contributed by atoms with Gasteiger partial charge in [-0.3, -0.25) is 9.59 Å². The molecule has 0 bridgehead atoms. The quantitative estimate of drug-likeness (QED) is 0.515. The first kappa shape index (κ1) is 15.3. The largest absolute Gasteiger partial charge is 0.545 e. The standard InChI is InChI=1S/C21H11NO5/c23-19-14-7-5-11(21(25)26)9-16(14)20(24)22(19)12-6-8-18-15(10-12)13-3-1-2-4-17(13)27-18/h1-10H,(H,25,26)/p-1. The Balaban J connectivity index is 1.66. The number of carbonyl (C=O) groups is 3. The molecule has 0 unspecified atom stereocenters. The molecule has 0 radical (unpaired) electrons. The van der Waals surface area contributed by atoms with Crippen molar-refractivity contribution in [2.24, 2.45) is 0 Å². The summed E-state index contributed by atoms with van der Waals surface area (Å²) < 4.78 is 5.77. The number of imide groups is 1. The number of hydrogen-bond acceptors (Lipinski definition) is 5. The maximum Gasteiger partial charge on any atom is 0.266 e. The number of amides is 2. The molecule has 0 spiro atoms. The van der Waals surface area contributed by atoms with E-state index < -0.39 is 17.8 Å². The van der Waals surface area contributed by atoms with Crippen LogP contribution in [0.25, 0.3) is 21.9 Å². The average molecular weight is 356 g/mol. The van der Waals surface area contributed by atoms with Crippen LogP contribution in [0.1, 0.15) is 31.1 Å². The topological polar surface area (TPSA) is 90.7 Å². The van der Waals surface area contributed by atoms with Gasteiger partial charge in [-0.05, 0) is 42.0 Å². The minimum absolute atomic E-state index is 0.0545. The third-order valence-electron chi connectivity index (χ3n) is 4.74. The van der Waals surface area contributed by atoms with E-state index in [-0.39, 0.29) is 16.7 Å². The van der Waals surface area contributed by atoms with Crippen molar-refractivity contribution in [1.29, 1.82) is 0 Å². The molecule has 0 saturated heterocycles. The summed E-state index contributed by atoms with van der Waals surface area (Å²) in [5.41, 5.74) is 1.84. The first-order valence-corrected chi connectivity index (χ1v) is 8.20. The van der Waals surface area contributed by atoms with Crippen LogP contribution in [0, 0.1) is 0 Å². The number of carbonyl (C=O) groups excluding carboxylic acids is 3. The predicted octanol–water partition coefficient (Wildman–Crippen LogP) is 2.75. The molecule has 6 nitrogen and oxygen atoms in total. The number of rotatable bonds is 2. The maximum absolute atomic E-state index is 12.8. The number of fused-ring (bicyclic) bond motifs is 4. The van der Waals surface area contributed by atoms with Crippen LogP contribution in [0.2, 0.25) is 0 Å². The summed E-state index contributed by atoms with van der Waals surface area (Å²) in [6.45, 7) is 0. The molecule has 0 aliphatic carbocycles. The molecule has 1 aliphatic heterocycles. The number of furan rings is 1.